The van der Waals surface area contributed by atoms with Gasteiger partial charge in [0.25, 0.3) is 11.7 Å². The number of carbonyl (C=O) groups is 2. The van der Waals surface area contributed by atoms with Gasteiger partial charge in [0.1, 0.15) is 11.5 Å². The summed E-state index contributed by atoms with van der Waals surface area (Å²) in [6.07, 6.45) is 1.62. The fraction of sp³-hybridized carbons (Fsp3) is 0.448. The van der Waals surface area contributed by atoms with Gasteiger partial charge < -0.3 is 19.6 Å². The molecular formula is C29H38N2O4. The Morgan fingerprint density at radius 2 is 1.80 bits per heavy atom. The van der Waals surface area contributed by atoms with Gasteiger partial charge in [0.15, 0.2) is 0 Å². The Kier molecular flexibility index (Phi) is 8.73. The van der Waals surface area contributed by atoms with Crippen molar-refractivity contribution in [3.05, 3.63) is 70.3 Å². The first-order valence-electron chi connectivity index (χ1n) is 12.4. The van der Waals surface area contributed by atoms with Crippen LogP contribution >= 0.6 is 0 Å². The van der Waals surface area contributed by atoms with Gasteiger partial charge in [-0.15, -0.1) is 0 Å². The van der Waals surface area contributed by atoms with E-state index in [0.717, 1.165) is 30.5 Å². The van der Waals surface area contributed by atoms with Gasteiger partial charge in [0.2, 0.25) is 0 Å². The summed E-state index contributed by atoms with van der Waals surface area (Å²) in [6, 6.07) is 12.7. The normalized spacial score (nSPS) is 17.6. The quantitative estimate of drug-likeness (QED) is 0.297. The van der Waals surface area contributed by atoms with E-state index in [4.69, 9.17) is 4.74 Å². The molecule has 0 aliphatic carbocycles. The average Bonchev–Trinajstić information content (AvgIpc) is 3.07. The van der Waals surface area contributed by atoms with Crippen molar-refractivity contribution in [3.63, 3.8) is 0 Å². The molecule has 1 amide bonds. The molecule has 1 atom stereocenters. The summed E-state index contributed by atoms with van der Waals surface area (Å²) in [4.78, 5) is 30.0. The number of nitrogens with zero attached hydrogens (tertiary/aromatic N) is 2. The number of rotatable bonds is 10. The highest BCUT2D eigenvalue weighted by Gasteiger charge is 2.45. The lowest BCUT2D eigenvalue weighted by Crippen LogP contribution is -2.32. The van der Waals surface area contributed by atoms with Gasteiger partial charge in [-0.2, -0.15) is 0 Å². The zero-order valence-electron chi connectivity index (χ0n) is 21.8. The highest BCUT2D eigenvalue weighted by atomic mass is 16.5. The molecule has 0 radical (unpaired) electrons. The number of aliphatic hydroxyl groups excluding tert-OH is 1. The maximum atomic E-state index is 13.2. The van der Waals surface area contributed by atoms with Gasteiger partial charge in [-0.1, -0.05) is 45.0 Å². The second-order valence-corrected chi connectivity index (χ2v) is 9.93. The molecule has 0 aromatic heterocycles. The van der Waals surface area contributed by atoms with Crippen molar-refractivity contribution in [2.24, 2.45) is 5.92 Å². The maximum absolute atomic E-state index is 13.2. The number of Topliss-reactive ketones (excluding diaryl/α,β-unsaturated/α-hetero) is 1. The summed E-state index contributed by atoms with van der Waals surface area (Å²) < 4.78 is 5.81. The summed E-state index contributed by atoms with van der Waals surface area (Å²) in [7, 11) is 3.96. The molecule has 188 valence electrons. The predicted molar refractivity (Wildman–Crippen MR) is 140 cm³/mol. The molecule has 0 saturated carbocycles. The lowest BCUT2D eigenvalue weighted by molar-refractivity contribution is -0.139. The number of ketones is 1. The molecule has 0 bridgehead atoms. The van der Waals surface area contributed by atoms with Crippen LogP contribution in [0, 0.1) is 12.8 Å². The number of aliphatic hydroxyl groups is 1. The van der Waals surface area contributed by atoms with Crippen molar-refractivity contribution in [1.82, 2.24) is 9.80 Å². The number of aryl methyl sites for hydroxylation is 2. The van der Waals surface area contributed by atoms with Crippen LogP contribution in [-0.4, -0.2) is 60.4 Å². The molecule has 2 aromatic rings. The molecule has 1 aliphatic heterocycles. The van der Waals surface area contributed by atoms with E-state index in [9.17, 15) is 14.7 Å². The van der Waals surface area contributed by atoms with Crippen LogP contribution in [0.4, 0.5) is 0 Å². The SMILES string of the molecule is CCc1ccc([C@@H]2C(=C(O)c3ccc(OCC(C)C)cc3C)C(=O)C(=O)N2CCCN(C)C)cc1. The summed E-state index contributed by atoms with van der Waals surface area (Å²) in [6.45, 7) is 9.93. The molecule has 6 heteroatoms. The van der Waals surface area contributed by atoms with Crippen LogP contribution in [0.3, 0.4) is 0 Å². The highest BCUT2D eigenvalue weighted by molar-refractivity contribution is 6.46. The van der Waals surface area contributed by atoms with Crippen molar-refractivity contribution >= 4 is 17.4 Å². The van der Waals surface area contributed by atoms with Crippen LogP contribution in [0.15, 0.2) is 48.0 Å². The van der Waals surface area contributed by atoms with E-state index in [1.165, 1.54) is 5.56 Å². The number of likely N-dealkylation sites (tertiary alicyclic amines) is 1. The minimum atomic E-state index is -0.642. The van der Waals surface area contributed by atoms with Crippen LogP contribution in [0.2, 0.25) is 0 Å². The molecule has 1 saturated heterocycles. The Balaban J connectivity index is 2.05. The van der Waals surface area contributed by atoms with Crippen molar-refractivity contribution in [1.29, 1.82) is 0 Å². The van der Waals surface area contributed by atoms with E-state index in [-0.39, 0.29) is 11.3 Å². The Morgan fingerprint density at radius 3 is 2.37 bits per heavy atom. The number of benzene rings is 2. The first kappa shape index (κ1) is 26.5. The second kappa shape index (κ2) is 11.5. The Morgan fingerprint density at radius 1 is 1.11 bits per heavy atom. The van der Waals surface area contributed by atoms with E-state index in [2.05, 4.69) is 20.8 Å². The monoisotopic (exact) mass is 478 g/mol. The predicted octanol–water partition coefficient (Wildman–Crippen LogP) is 4.97. The summed E-state index contributed by atoms with van der Waals surface area (Å²) in [5, 5.41) is 11.4. The molecule has 35 heavy (non-hydrogen) atoms. The van der Waals surface area contributed by atoms with Crippen LogP contribution in [-0.2, 0) is 16.0 Å². The van der Waals surface area contributed by atoms with Crippen LogP contribution < -0.4 is 4.74 Å². The van der Waals surface area contributed by atoms with Crippen LogP contribution in [0.25, 0.3) is 5.76 Å². The lowest BCUT2D eigenvalue weighted by Gasteiger charge is -2.26. The Hall–Kier alpha value is -3.12. The third-order valence-corrected chi connectivity index (χ3v) is 6.28. The van der Waals surface area contributed by atoms with Crippen molar-refractivity contribution < 1.29 is 19.4 Å². The minimum absolute atomic E-state index is 0.142. The smallest absolute Gasteiger partial charge is 0.295 e. The van der Waals surface area contributed by atoms with Crippen LogP contribution in [0.1, 0.15) is 55.5 Å². The van der Waals surface area contributed by atoms with Gasteiger partial charge in [0, 0.05) is 12.1 Å². The van der Waals surface area contributed by atoms with Crippen molar-refractivity contribution in [3.8, 4) is 5.75 Å². The average molecular weight is 479 g/mol. The number of hydrogen-bond acceptors (Lipinski definition) is 5. The molecule has 1 heterocycles. The minimum Gasteiger partial charge on any atom is -0.507 e. The van der Waals surface area contributed by atoms with E-state index in [0.29, 0.717) is 30.4 Å². The lowest BCUT2D eigenvalue weighted by atomic mass is 9.93. The summed E-state index contributed by atoms with van der Waals surface area (Å²) in [5.41, 5.74) is 3.45. The van der Waals surface area contributed by atoms with Crippen molar-refractivity contribution in [2.75, 3.05) is 33.8 Å². The van der Waals surface area contributed by atoms with Crippen LogP contribution in [0.5, 0.6) is 5.75 Å². The van der Waals surface area contributed by atoms with E-state index in [1.54, 1.807) is 17.0 Å². The van der Waals surface area contributed by atoms with Gasteiger partial charge in [-0.3, -0.25) is 9.59 Å². The first-order valence-corrected chi connectivity index (χ1v) is 12.4. The van der Waals surface area contributed by atoms with Gasteiger partial charge in [0.05, 0.1) is 18.2 Å². The molecule has 3 rings (SSSR count). The molecule has 0 spiro atoms. The number of hydrogen-bond donors (Lipinski definition) is 1. The number of carbonyl (C=O) groups excluding carboxylic acids is 2. The second-order valence-electron chi connectivity index (χ2n) is 9.93. The molecule has 1 aliphatic rings. The largest absolute Gasteiger partial charge is 0.507 e. The Labute approximate surface area is 209 Å². The number of ether oxygens (including phenoxy) is 1. The van der Waals surface area contributed by atoms with E-state index < -0.39 is 17.7 Å². The van der Waals surface area contributed by atoms with Gasteiger partial charge >= 0.3 is 0 Å². The first-order chi connectivity index (χ1) is 16.6. The maximum Gasteiger partial charge on any atom is 0.295 e. The van der Waals surface area contributed by atoms with E-state index >= 15 is 0 Å². The van der Waals surface area contributed by atoms with Crippen molar-refractivity contribution in [2.45, 2.75) is 46.6 Å². The zero-order chi connectivity index (χ0) is 25.7. The molecule has 0 unspecified atom stereocenters. The van der Waals surface area contributed by atoms with Gasteiger partial charge in [-0.05, 0) is 81.2 Å². The molecule has 1 N–H and O–H groups in total. The fourth-order valence-corrected chi connectivity index (χ4v) is 4.35. The van der Waals surface area contributed by atoms with Gasteiger partial charge in [-0.25, -0.2) is 0 Å². The third kappa shape index (κ3) is 6.12. The standard InChI is InChI=1S/C29H38N2O4/c1-7-21-9-11-22(12-10-21)26-25(28(33)29(34)31(26)16-8-15-30(5)6)27(32)24-14-13-23(17-20(24)4)35-18-19(2)3/h9-14,17,19,26,32H,7-8,15-16,18H2,1-6H3/t26-/m1/s1. The Bertz CT molecular complexity index is 1090. The fourth-order valence-electron chi connectivity index (χ4n) is 4.35. The molecule has 2 aromatic carbocycles. The molecule has 1 fully saturated rings. The zero-order valence-corrected chi connectivity index (χ0v) is 21.8. The van der Waals surface area contributed by atoms with E-state index in [1.807, 2.05) is 56.3 Å². The molecular weight excluding hydrogens is 440 g/mol. The number of amides is 1. The summed E-state index contributed by atoms with van der Waals surface area (Å²) >= 11 is 0. The third-order valence-electron chi connectivity index (χ3n) is 6.28. The topological polar surface area (TPSA) is 70.1 Å². The highest BCUT2D eigenvalue weighted by Crippen LogP contribution is 2.40. The molecule has 6 nitrogen and oxygen atoms in total. The summed E-state index contributed by atoms with van der Waals surface area (Å²) in [5.74, 6) is -0.244.